The molecular weight excluding hydrogens is 444 g/mol. The highest BCUT2D eigenvalue weighted by atomic mass is 32.2. The van der Waals surface area contributed by atoms with Gasteiger partial charge >= 0.3 is 0 Å². The van der Waals surface area contributed by atoms with Gasteiger partial charge in [0.2, 0.25) is 10.0 Å². The smallest absolute Gasteiger partial charge is 0.243 e. The van der Waals surface area contributed by atoms with Crippen LogP contribution in [-0.2, 0) is 20.2 Å². The lowest BCUT2D eigenvalue weighted by Crippen LogP contribution is -2.40. The Labute approximate surface area is 195 Å². The van der Waals surface area contributed by atoms with Gasteiger partial charge in [0.15, 0.2) is 5.11 Å². The van der Waals surface area contributed by atoms with E-state index in [1.165, 1.54) is 9.87 Å². The molecular formula is C23H30N4O3S2. The maximum absolute atomic E-state index is 12.7. The van der Waals surface area contributed by atoms with Crippen molar-refractivity contribution in [2.75, 3.05) is 31.6 Å². The molecule has 1 saturated heterocycles. The van der Waals surface area contributed by atoms with E-state index >= 15 is 0 Å². The predicted octanol–water partition coefficient (Wildman–Crippen LogP) is 3.47. The lowest BCUT2D eigenvalue weighted by atomic mass is 9.86. The molecule has 1 fully saturated rings. The molecule has 0 spiro atoms. The van der Waals surface area contributed by atoms with E-state index < -0.39 is 10.0 Å². The minimum atomic E-state index is -3.52. The van der Waals surface area contributed by atoms with Crippen molar-refractivity contribution in [2.45, 2.75) is 31.1 Å². The number of nitrogens with zero attached hydrogens (tertiary/aromatic N) is 1. The summed E-state index contributed by atoms with van der Waals surface area (Å²) in [5.74, 6) is 0. The maximum Gasteiger partial charge on any atom is 0.243 e. The first-order valence-corrected chi connectivity index (χ1v) is 12.2. The molecule has 32 heavy (non-hydrogen) atoms. The zero-order valence-electron chi connectivity index (χ0n) is 18.6. The highest BCUT2D eigenvalue weighted by molar-refractivity contribution is 7.89. The van der Waals surface area contributed by atoms with Gasteiger partial charge in [-0.05, 0) is 53.0 Å². The third kappa shape index (κ3) is 6.07. The van der Waals surface area contributed by atoms with Crippen molar-refractivity contribution in [3.8, 4) is 0 Å². The summed E-state index contributed by atoms with van der Waals surface area (Å²) in [7, 11) is -3.52. The van der Waals surface area contributed by atoms with Gasteiger partial charge in [0.25, 0.3) is 0 Å². The topological polar surface area (TPSA) is 82.7 Å². The molecule has 3 N–H and O–H groups in total. The molecule has 172 valence electrons. The molecule has 0 bridgehead atoms. The molecule has 0 unspecified atom stereocenters. The molecule has 0 saturated carbocycles. The first kappa shape index (κ1) is 24.2. The number of benzene rings is 2. The largest absolute Gasteiger partial charge is 0.379 e. The fraction of sp³-hybridized carbons (Fsp3) is 0.348. The summed E-state index contributed by atoms with van der Waals surface area (Å²) < 4.78 is 32.1. The van der Waals surface area contributed by atoms with Crippen LogP contribution >= 0.6 is 12.2 Å². The summed E-state index contributed by atoms with van der Waals surface area (Å²) >= 11 is 5.32. The van der Waals surface area contributed by atoms with Crippen molar-refractivity contribution in [3.05, 3.63) is 66.2 Å². The van der Waals surface area contributed by atoms with E-state index in [4.69, 9.17) is 17.0 Å². The quantitative estimate of drug-likeness (QED) is 0.437. The molecule has 1 aliphatic heterocycles. The third-order valence-electron chi connectivity index (χ3n) is 5.15. The number of thiocarbonyl (C=S) groups is 1. The Bertz CT molecular complexity index is 1050. The van der Waals surface area contributed by atoms with Gasteiger partial charge < -0.3 is 10.1 Å². The molecule has 0 aliphatic carbocycles. The fourth-order valence-electron chi connectivity index (χ4n) is 3.18. The molecule has 0 radical (unpaired) electrons. The van der Waals surface area contributed by atoms with E-state index in [0.717, 1.165) is 5.56 Å². The zero-order valence-corrected chi connectivity index (χ0v) is 20.3. The van der Waals surface area contributed by atoms with Crippen LogP contribution in [0.1, 0.15) is 31.9 Å². The highest BCUT2D eigenvalue weighted by Gasteiger charge is 2.26. The van der Waals surface area contributed by atoms with Gasteiger partial charge in [-0.3, -0.25) is 10.9 Å². The van der Waals surface area contributed by atoms with Crippen molar-refractivity contribution in [1.82, 2.24) is 15.2 Å². The Balaban J connectivity index is 1.53. The summed E-state index contributed by atoms with van der Waals surface area (Å²) in [4.78, 5) is 0.244. The number of hydrazine groups is 1. The molecule has 1 aliphatic rings. The van der Waals surface area contributed by atoms with Crippen LogP contribution in [0.2, 0.25) is 0 Å². The van der Waals surface area contributed by atoms with Gasteiger partial charge in [0.1, 0.15) is 0 Å². The van der Waals surface area contributed by atoms with Crippen molar-refractivity contribution < 1.29 is 13.2 Å². The summed E-state index contributed by atoms with van der Waals surface area (Å²) in [5, 5.41) is 3.36. The molecule has 0 atom stereocenters. The second-order valence-corrected chi connectivity index (χ2v) is 10.9. The number of morpholine rings is 1. The average Bonchev–Trinajstić information content (AvgIpc) is 2.78. The molecule has 1 heterocycles. The number of nitrogens with one attached hydrogen (secondary N) is 3. The van der Waals surface area contributed by atoms with Crippen LogP contribution in [0.15, 0.2) is 60.0 Å². The molecule has 0 aromatic heterocycles. The Morgan fingerprint density at radius 1 is 1.00 bits per heavy atom. The van der Waals surface area contributed by atoms with Gasteiger partial charge in [-0.15, -0.1) is 0 Å². The number of sulfonamides is 1. The average molecular weight is 475 g/mol. The van der Waals surface area contributed by atoms with Gasteiger partial charge in [-0.25, -0.2) is 8.42 Å². The first-order chi connectivity index (χ1) is 15.1. The lowest BCUT2D eigenvalue weighted by molar-refractivity contribution is 0.0730. The van der Waals surface area contributed by atoms with Crippen LogP contribution in [0.5, 0.6) is 0 Å². The normalized spacial score (nSPS) is 15.1. The summed E-state index contributed by atoms with van der Waals surface area (Å²) in [6.07, 6.45) is 0. The van der Waals surface area contributed by atoms with Crippen LogP contribution in [0.3, 0.4) is 0 Å². The van der Waals surface area contributed by atoms with E-state index in [-0.39, 0.29) is 10.3 Å². The van der Waals surface area contributed by atoms with E-state index in [0.29, 0.717) is 42.8 Å². The van der Waals surface area contributed by atoms with Crippen LogP contribution in [0.4, 0.5) is 5.69 Å². The number of anilines is 1. The monoisotopic (exact) mass is 474 g/mol. The number of rotatable bonds is 6. The maximum atomic E-state index is 12.7. The van der Waals surface area contributed by atoms with Crippen molar-refractivity contribution in [1.29, 1.82) is 0 Å². The Hall–Kier alpha value is -2.46. The Morgan fingerprint density at radius 2 is 1.59 bits per heavy atom. The summed E-state index contributed by atoms with van der Waals surface area (Å²) in [6.45, 7) is 12.1. The standard InChI is InChI=1S/C23H30N4O3S2/c1-17(18-5-7-19(8-6-18)23(2,3)4)25-26-22(31)24-20-9-11-21(12-10-20)32(28,29)27-13-15-30-16-14-27/h5-12,25H,1,13-16H2,2-4H3,(H2,24,26,31). The van der Waals surface area contributed by atoms with E-state index in [1.807, 2.05) is 12.1 Å². The zero-order chi connectivity index (χ0) is 23.4. The van der Waals surface area contributed by atoms with Crippen molar-refractivity contribution in [3.63, 3.8) is 0 Å². The number of ether oxygens (including phenoxy) is 1. The third-order valence-corrected chi connectivity index (χ3v) is 7.26. The molecule has 2 aromatic rings. The summed E-state index contributed by atoms with van der Waals surface area (Å²) in [5.41, 5.74) is 9.54. The van der Waals surface area contributed by atoms with Gasteiger partial charge in [-0.2, -0.15) is 4.31 Å². The Morgan fingerprint density at radius 3 is 2.16 bits per heavy atom. The molecule has 7 nitrogen and oxygen atoms in total. The van der Waals surface area contributed by atoms with Crippen LogP contribution < -0.4 is 16.2 Å². The van der Waals surface area contributed by atoms with Gasteiger partial charge in [-0.1, -0.05) is 51.6 Å². The predicted molar refractivity (Wildman–Crippen MR) is 133 cm³/mol. The van der Waals surface area contributed by atoms with E-state index in [1.54, 1.807) is 24.3 Å². The molecule has 2 aromatic carbocycles. The van der Waals surface area contributed by atoms with Gasteiger partial charge in [0.05, 0.1) is 23.8 Å². The first-order valence-electron chi connectivity index (χ1n) is 10.4. The minimum absolute atomic E-state index is 0.0914. The number of hydrogen-bond donors (Lipinski definition) is 3. The van der Waals surface area contributed by atoms with Crippen LogP contribution in [0.25, 0.3) is 5.70 Å². The molecule has 0 amide bonds. The summed E-state index contributed by atoms with van der Waals surface area (Å²) in [6, 6.07) is 14.7. The molecule has 9 heteroatoms. The van der Waals surface area contributed by atoms with Crippen molar-refractivity contribution in [2.24, 2.45) is 0 Å². The van der Waals surface area contributed by atoms with E-state index in [2.05, 4.69) is 55.7 Å². The molecule has 3 rings (SSSR count). The fourth-order valence-corrected chi connectivity index (χ4v) is 4.76. The minimum Gasteiger partial charge on any atom is -0.379 e. The van der Waals surface area contributed by atoms with Crippen LogP contribution in [0, 0.1) is 0 Å². The highest BCUT2D eigenvalue weighted by Crippen LogP contribution is 2.23. The second kappa shape index (κ2) is 9.99. The van der Waals surface area contributed by atoms with Gasteiger partial charge in [0, 0.05) is 18.8 Å². The lowest BCUT2D eigenvalue weighted by Gasteiger charge is -2.26. The van der Waals surface area contributed by atoms with Crippen LogP contribution in [-0.4, -0.2) is 44.1 Å². The second-order valence-electron chi connectivity index (χ2n) is 8.55. The Kier molecular flexibility index (Phi) is 7.55. The number of hydrogen-bond acceptors (Lipinski definition) is 5. The van der Waals surface area contributed by atoms with E-state index in [9.17, 15) is 8.42 Å². The van der Waals surface area contributed by atoms with Crippen molar-refractivity contribution >= 4 is 38.7 Å². The SMILES string of the molecule is C=C(NNC(=S)Nc1ccc(S(=O)(=O)N2CCOCC2)cc1)c1ccc(C(C)(C)C)cc1.